The van der Waals surface area contributed by atoms with Crippen LogP contribution in [-0.2, 0) is 9.53 Å². The van der Waals surface area contributed by atoms with Gasteiger partial charge in [-0.3, -0.25) is 9.59 Å². The Kier molecular flexibility index (Phi) is 7.42. The Morgan fingerprint density at radius 2 is 2.05 bits per heavy atom. The van der Waals surface area contributed by atoms with Gasteiger partial charge in [-0.25, -0.2) is 0 Å². The summed E-state index contributed by atoms with van der Waals surface area (Å²) in [6.45, 7) is 5.68. The maximum absolute atomic E-state index is 11.8. The first-order valence-electron chi connectivity index (χ1n) is 6.96. The number of ether oxygens (including phenoxy) is 1. The Morgan fingerprint density at radius 3 is 2.71 bits per heavy atom. The van der Waals surface area contributed by atoms with Gasteiger partial charge in [-0.05, 0) is 31.5 Å². The summed E-state index contributed by atoms with van der Waals surface area (Å²) < 4.78 is 4.89. The fourth-order valence-electron chi connectivity index (χ4n) is 1.73. The van der Waals surface area contributed by atoms with Gasteiger partial charge < -0.3 is 20.7 Å². The molecule has 0 aliphatic carbocycles. The molecule has 0 aliphatic rings. The molecule has 0 aromatic heterocycles. The Morgan fingerprint density at radius 1 is 1.29 bits per heavy atom. The summed E-state index contributed by atoms with van der Waals surface area (Å²) in [4.78, 5) is 23.6. The van der Waals surface area contributed by atoms with Gasteiger partial charge in [0.1, 0.15) is 0 Å². The van der Waals surface area contributed by atoms with Crippen LogP contribution in [-0.4, -0.2) is 45.2 Å². The van der Waals surface area contributed by atoms with Gasteiger partial charge in [0.15, 0.2) is 0 Å². The second-order valence-corrected chi connectivity index (χ2v) is 4.61. The molecule has 1 rings (SSSR count). The Balaban J connectivity index is 2.63. The molecule has 0 spiro atoms. The number of rotatable bonds is 8. The molecule has 6 heteroatoms. The molecule has 0 saturated carbocycles. The van der Waals surface area contributed by atoms with E-state index in [-0.39, 0.29) is 18.4 Å². The summed E-state index contributed by atoms with van der Waals surface area (Å²) in [6, 6.07) is 5.25. The van der Waals surface area contributed by atoms with E-state index in [1.54, 1.807) is 19.2 Å². The smallest absolute Gasteiger partial charge is 0.251 e. The topological polar surface area (TPSA) is 79.5 Å². The molecule has 1 aromatic rings. The minimum Gasteiger partial charge on any atom is -0.383 e. The quantitative estimate of drug-likeness (QED) is 0.623. The second-order valence-electron chi connectivity index (χ2n) is 4.61. The van der Waals surface area contributed by atoms with Crippen molar-refractivity contribution in [3.05, 3.63) is 29.3 Å². The Labute approximate surface area is 125 Å². The van der Waals surface area contributed by atoms with Gasteiger partial charge in [0, 0.05) is 31.5 Å². The minimum absolute atomic E-state index is 0.147. The first-order valence-corrected chi connectivity index (χ1v) is 6.96. The molecule has 0 fully saturated rings. The lowest BCUT2D eigenvalue weighted by molar-refractivity contribution is -0.115. The zero-order valence-corrected chi connectivity index (χ0v) is 12.8. The van der Waals surface area contributed by atoms with Crippen molar-refractivity contribution in [3.8, 4) is 0 Å². The molecule has 21 heavy (non-hydrogen) atoms. The van der Waals surface area contributed by atoms with E-state index in [0.29, 0.717) is 30.9 Å². The number of aryl methyl sites for hydroxylation is 1. The zero-order chi connectivity index (χ0) is 15.7. The molecule has 1 aromatic carbocycles. The number of anilines is 1. The predicted molar refractivity (Wildman–Crippen MR) is 82.6 cm³/mol. The van der Waals surface area contributed by atoms with Crippen LogP contribution in [0.25, 0.3) is 0 Å². The van der Waals surface area contributed by atoms with E-state index in [2.05, 4.69) is 16.0 Å². The minimum atomic E-state index is -0.151. The summed E-state index contributed by atoms with van der Waals surface area (Å²) in [5, 5.41) is 8.50. The van der Waals surface area contributed by atoms with Crippen LogP contribution in [0.3, 0.4) is 0 Å². The lowest BCUT2D eigenvalue weighted by Crippen LogP contribution is -2.30. The van der Waals surface area contributed by atoms with Crippen LogP contribution in [0.2, 0.25) is 0 Å². The third-order valence-electron chi connectivity index (χ3n) is 2.88. The standard InChI is InChI=1S/C15H23N3O3/c1-4-17-15(20)12-6-5-11(2)13(9-12)18-14(19)10-16-7-8-21-3/h5-6,9,16H,4,7-8,10H2,1-3H3,(H,17,20)(H,18,19). The molecule has 0 bridgehead atoms. The van der Waals surface area contributed by atoms with Gasteiger partial charge in [-0.2, -0.15) is 0 Å². The molecule has 116 valence electrons. The first-order chi connectivity index (χ1) is 10.1. The van der Waals surface area contributed by atoms with Crippen LogP contribution >= 0.6 is 0 Å². The maximum atomic E-state index is 11.8. The van der Waals surface area contributed by atoms with E-state index in [4.69, 9.17) is 4.74 Å². The number of nitrogens with one attached hydrogen (secondary N) is 3. The molecule has 0 unspecified atom stereocenters. The summed E-state index contributed by atoms with van der Waals surface area (Å²) in [5.74, 6) is -0.298. The number of carbonyl (C=O) groups is 2. The second kappa shape index (κ2) is 9.10. The van der Waals surface area contributed by atoms with Crippen molar-refractivity contribution < 1.29 is 14.3 Å². The highest BCUT2D eigenvalue weighted by Crippen LogP contribution is 2.16. The van der Waals surface area contributed by atoms with Crippen molar-refractivity contribution in [1.82, 2.24) is 10.6 Å². The van der Waals surface area contributed by atoms with Crippen molar-refractivity contribution in [1.29, 1.82) is 0 Å². The van der Waals surface area contributed by atoms with Gasteiger partial charge in [0.05, 0.1) is 13.2 Å². The van der Waals surface area contributed by atoms with Crippen molar-refractivity contribution in [2.45, 2.75) is 13.8 Å². The summed E-state index contributed by atoms with van der Waals surface area (Å²) in [6.07, 6.45) is 0. The van der Waals surface area contributed by atoms with Gasteiger partial charge in [0.2, 0.25) is 5.91 Å². The molecule has 6 nitrogen and oxygen atoms in total. The molecule has 0 radical (unpaired) electrons. The highest BCUT2D eigenvalue weighted by molar-refractivity contribution is 5.98. The number of hydrogen-bond donors (Lipinski definition) is 3. The van der Waals surface area contributed by atoms with E-state index >= 15 is 0 Å². The van der Waals surface area contributed by atoms with E-state index in [9.17, 15) is 9.59 Å². The molecule has 3 N–H and O–H groups in total. The monoisotopic (exact) mass is 293 g/mol. The molecular formula is C15H23N3O3. The van der Waals surface area contributed by atoms with Gasteiger partial charge >= 0.3 is 0 Å². The molecule has 2 amide bonds. The Hall–Kier alpha value is -1.92. The van der Waals surface area contributed by atoms with Crippen LogP contribution < -0.4 is 16.0 Å². The highest BCUT2D eigenvalue weighted by Gasteiger charge is 2.09. The molecule has 0 saturated heterocycles. The fourth-order valence-corrected chi connectivity index (χ4v) is 1.73. The number of methoxy groups -OCH3 is 1. The predicted octanol–water partition coefficient (Wildman–Crippen LogP) is 0.919. The zero-order valence-electron chi connectivity index (χ0n) is 12.8. The van der Waals surface area contributed by atoms with Gasteiger partial charge in [-0.1, -0.05) is 6.07 Å². The van der Waals surface area contributed by atoms with Crippen LogP contribution in [0.4, 0.5) is 5.69 Å². The fraction of sp³-hybridized carbons (Fsp3) is 0.467. The number of carbonyl (C=O) groups excluding carboxylic acids is 2. The average molecular weight is 293 g/mol. The van der Waals surface area contributed by atoms with Gasteiger partial charge in [0.25, 0.3) is 5.91 Å². The third-order valence-corrected chi connectivity index (χ3v) is 2.88. The van der Waals surface area contributed by atoms with E-state index in [1.807, 2.05) is 19.9 Å². The third kappa shape index (κ3) is 5.93. The first kappa shape index (κ1) is 17.1. The SMILES string of the molecule is CCNC(=O)c1ccc(C)c(NC(=O)CNCCOC)c1. The lowest BCUT2D eigenvalue weighted by Gasteiger charge is -2.11. The van der Waals surface area contributed by atoms with Gasteiger partial charge in [-0.15, -0.1) is 0 Å². The molecule has 0 heterocycles. The molecule has 0 atom stereocenters. The lowest BCUT2D eigenvalue weighted by atomic mass is 10.1. The van der Waals surface area contributed by atoms with Crippen LogP contribution in [0.15, 0.2) is 18.2 Å². The number of hydrogen-bond acceptors (Lipinski definition) is 4. The summed E-state index contributed by atoms with van der Waals surface area (Å²) in [7, 11) is 1.61. The molecular weight excluding hydrogens is 270 g/mol. The Bertz CT molecular complexity index is 489. The largest absolute Gasteiger partial charge is 0.383 e. The van der Waals surface area contributed by atoms with Crippen molar-refractivity contribution in [2.24, 2.45) is 0 Å². The maximum Gasteiger partial charge on any atom is 0.251 e. The average Bonchev–Trinajstić information content (AvgIpc) is 2.46. The number of benzene rings is 1. The van der Waals surface area contributed by atoms with Crippen LogP contribution in [0.5, 0.6) is 0 Å². The van der Waals surface area contributed by atoms with E-state index in [1.165, 1.54) is 0 Å². The summed E-state index contributed by atoms with van der Waals surface area (Å²) >= 11 is 0. The molecule has 0 aliphatic heterocycles. The van der Waals surface area contributed by atoms with E-state index < -0.39 is 0 Å². The van der Waals surface area contributed by atoms with Crippen LogP contribution in [0, 0.1) is 6.92 Å². The highest BCUT2D eigenvalue weighted by atomic mass is 16.5. The van der Waals surface area contributed by atoms with Crippen LogP contribution in [0.1, 0.15) is 22.8 Å². The van der Waals surface area contributed by atoms with Crippen molar-refractivity contribution in [2.75, 3.05) is 38.7 Å². The summed E-state index contributed by atoms with van der Waals surface area (Å²) in [5.41, 5.74) is 2.09. The normalized spacial score (nSPS) is 10.2. The number of amides is 2. The van der Waals surface area contributed by atoms with Crippen molar-refractivity contribution in [3.63, 3.8) is 0 Å². The van der Waals surface area contributed by atoms with E-state index in [0.717, 1.165) is 5.56 Å². The van der Waals surface area contributed by atoms with Crippen molar-refractivity contribution >= 4 is 17.5 Å².